The first-order valence-electron chi connectivity index (χ1n) is 9.51. The number of carbonyl (C=O) groups is 1. The molecule has 0 spiro atoms. The summed E-state index contributed by atoms with van der Waals surface area (Å²) in [7, 11) is 0. The number of hydrogen-bond donors (Lipinski definition) is 1. The lowest BCUT2D eigenvalue weighted by Crippen LogP contribution is -2.48. The van der Waals surface area contributed by atoms with Crippen LogP contribution in [-0.4, -0.2) is 55.8 Å². The van der Waals surface area contributed by atoms with E-state index in [1.54, 1.807) is 0 Å². The maximum Gasteiger partial charge on any atom is 0.240 e. The quantitative estimate of drug-likeness (QED) is 0.858. The van der Waals surface area contributed by atoms with Crippen molar-refractivity contribution in [3.05, 3.63) is 34.9 Å². The summed E-state index contributed by atoms with van der Waals surface area (Å²) in [5.41, 5.74) is 0.180. The lowest BCUT2D eigenvalue weighted by atomic mass is 9.80. The third-order valence-electron chi connectivity index (χ3n) is 5.99. The predicted molar refractivity (Wildman–Crippen MR) is 100 cm³/mol. The zero-order chi connectivity index (χ0) is 18.9. The monoisotopic (exact) mass is 389 g/mol. The molecule has 1 aromatic rings. The van der Waals surface area contributed by atoms with Crippen LogP contribution in [0.4, 0.5) is 0 Å². The minimum absolute atomic E-state index is 0.0221. The van der Waals surface area contributed by atoms with Crippen molar-refractivity contribution >= 4 is 17.5 Å². The number of hydrogen-bond acceptors (Lipinski definition) is 5. The van der Waals surface area contributed by atoms with Gasteiger partial charge in [-0.15, -0.1) is 0 Å². The largest absolute Gasteiger partial charge is 0.381 e. The fourth-order valence-corrected chi connectivity index (χ4v) is 4.42. The molecule has 0 bridgehead atoms. The van der Waals surface area contributed by atoms with Crippen LogP contribution in [0.2, 0.25) is 5.02 Å². The minimum atomic E-state index is -0.941. The fourth-order valence-electron chi connectivity index (χ4n) is 4.29. The number of rotatable bonds is 3. The van der Waals surface area contributed by atoms with Gasteiger partial charge in [0, 0.05) is 43.4 Å². The molecule has 6 nitrogen and oxygen atoms in total. The van der Waals surface area contributed by atoms with Crippen LogP contribution in [0.1, 0.15) is 30.9 Å². The summed E-state index contributed by atoms with van der Waals surface area (Å²) < 4.78 is 11.4. The third kappa shape index (κ3) is 3.83. The molecule has 3 aliphatic heterocycles. The van der Waals surface area contributed by atoms with Crippen molar-refractivity contribution in [2.75, 3.05) is 32.9 Å². The SMILES string of the molecule is N#CC1(C(=O)N[C@H]2C[C@H]3CO[C@@H](c4ccc(Cl)cc4)CN3C2)CCOCC1. The Labute approximate surface area is 164 Å². The maximum atomic E-state index is 12.8. The lowest BCUT2D eigenvalue weighted by molar-refractivity contribution is -0.133. The Morgan fingerprint density at radius 3 is 2.70 bits per heavy atom. The van der Waals surface area contributed by atoms with Gasteiger partial charge in [-0.2, -0.15) is 5.26 Å². The van der Waals surface area contributed by atoms with Gasteiger partial charge < -0.3 is 14.8 Å². The first kappa shape index (κ1) is 18.7. The molecule has 3 fully saturated rings. The second-order valence-electron chi connectivity index (χ2n) is 7.69. The average Bonchev–Trinajstić information content (AvgIpc) is 3.10. The van der Waals surface area contributed by atoms with E-state index >= 15 is 0 Å². The molecule has 1 amide bonds. The lowest BCUT2D eigenvalue weighted by Gasteiger charge is -2.35. The molecule has 0 aromatic heterocycles. The van der Waals surface area contributed by atoms with Gasteiger partial charge in [0.1, 0.15) is 5.41 Å². The highest BCUT2D eigenvalue weighted by Gasteiger charge is 2.44. The van der Waals surface area contributed by atoms with E-state index in [1.165, 1.54) is 0 Å². The van der Waals surface area contributed by atoms with Gasteiger partial charge in [0.25, 0.3) is 0 Å². The summed E-state index contributed by atoms with van der Waals surface area (Å²) in [6, 6.07) is 10.4. The third-order valence-corrected chi connectivity index (χ3v) is 6.24. The van der Waals surface area contributed by atoms with Crippen LogP contribution in [0.25, 0.3) is 0 Å². The van der Waals surface area contributed by atoms with E-state index in [0.29, 0.717) is 38.7 Å². The highest BCUT2D eigenvalue weighted by atomic mass is 35.5. The Kier molecular flexibility index (Phi) is 5.38. The Hall–Kier alpha value is -1.65. The van der Waals surface area contributed by atoms with E-state index in [0.717, 1.165) is 30.1 Å². The zero-order valence-corrected chi connectivity index (χ0v) is 16.0. The van der Waals surface area contributed by atoms with E-state index in [1.807, 2.05) is 24.3 Å². The van der Waals surface area contributed by atoms with E-state index < -0.39 is 5.41 Å². The van der Waals surface area contributed by atoms with Gasteiger partial charge in [-0.25, -0.2) is 0 Å². The summed E-state index contributed by atoms with van der Waals surface area (Å²) in [6.45, 7) is 3.18. The summed E-state index contributed by atoms with van der Waals surface area (Å²) in [4.78, 5) is 15.2. The van der Waals surface area contributed by atoms with Gasteiger partial charge in [0.05, 0.1) is 18.8 Å². The number of amides is 1. The summed E-state index contributed by atoms with van der Waals surface area (Å²) >= 11 is 5.97. The Bertz CT molecular complexity index is 727. The Morgan fingerprint density at radius 1 is 1.26 bits per heavy atom. The first-order valence-corrected chi connectivity index (χ1v) is 9.88. The summed E-state index contributed by atoms with van der Waals surface area (Å²) in [5, 5.41) is 13.4. The molecule has 144 valence electrons. The number of nitrogens with one attached hydrogen (secondary N) is 1. The number of benzene rings is 1. The number of carbonyl (C=O) groups excluding carboxylic acids is 1. The number of ether oxygens (including phenoxy) is 2. The van der Waals surface area contributed by atoms with Crippen molar-refractivity contribution in [2.45, 2.75) is 37.5 Å². The molecule has 0 radical (unpaired) electrons. The van der Waals surface area contributed by atoms with E-state index in [9.17, 15) is 10.1 Å². The molecular formula is C20H24ClN3O3. The van der Waals surface area contributed by atoms with Crippen molar-refractivity contribution in [3.8, 4) is 6.07 Å². The van der Waals surface area contributed by atoms with E-state index in [4.69, 9.17) is 21.1 Å². The van der Waals surface area contributed by atoms with Gasteiger partial charge in [0.2, 0.25) is 5.91 Å². The molecule has 3 saturated heterocycles. The number of halogens is 1. The molecule has 0 aliphatic carbocycles. The van der Waals surface area contributed by atoms with Crippen molar-refractivity contribution < 1.29 is 14.3 Å². The summed E-state index contributed by atoms with van der Waals surface area (Å²) in [6.07, 6.45) is 1.82. The second-order valence-corrected chi connectivity index (χ2v) is 8.13. The van der Waals surface area contributed by atoms with E-state index in [2.05, 4.69) is 16.3 Å². The normalized spacial score (nSPS) is 30.3. The molecule has 7 heteroatoms. The standard InChI is InChI=1S/C20H24ClN3O3/c21-15-3-1-14(2-4-15)18-11-24-10-16(9-17(24)12-27-18)23-19(25)20(13-22)5-7-26-8-6-20/h1-4,16-18H,5-12H2,(H,23,25)/t16-,17-,18+/m0/s1. The van der Waals surface area contributed by atoms with Crippen LogP contribution in [0.15, 0.2) is 24.3 Å². The van der Waals surface area contributed by atoms with Crippen LogP contribution in [0.3, 0.4) is 0 Å². The van der Waals surface area contributed by atoms with Crippen molar-refractivity contribution in [1.82, 2.24) is 10.2 Å². The van der Waals surface area contributed by atoms with Crippen LogP contribution < -0.4 is 5.32 Å². The fraction of sp³-hybridized carbons (Fsp3) is 0.600. The topological polar surface area (TPSA) is 74.6 Å². The average molecular weight is 390 g/mol. The Balaban J connectivity index is 1.36. The molecule has 0 saturated carbocycles. The molecule has 4 rings (SSSR count). The van der Waals surface area contributed by atoms with Crippen LogP contribution in [-0.2, 0) is 14.3 Å². The zero-order valence-electron chi connectivity index (χ0n) is 15.2. The van der Waals surface area contributed by atoms with Gasteiger partial charge >= 0.3 is 0 Å². The number of morpholine rings is 1. The Morgan fingerprint density at radius 2 is 2.00 bits per heavy atom. The van der Waals surface area contributed by atoms with Crippen LogP contribution in [0.5, 0.6) is 0 Å². The first-order chi connectivity index (χ1) is 13.1. The predicted octanol–water partition coefficient (Wildman–Crippen LogP) is 2.29. The minimum Gasteiger partial charge on any atom is -0.381 e. The number of fused-ring (bicyclic) bond motifs is 1. The van der Waals surface area contributed by atoms with Gasteiger partial charge in [0.15, 0.2) is 0 Å². The molecule has 3 atom stereocenters. The van der Waals surface area contributed by atoms with Gasteiger partial charge in [-0.05, 0) is 37.0 Å². The number of nitriles is 1. The molecule has 27 heavy (non-hydrogen) atoms. The summed E-state index contributed by atoms with van der Waals surface area (Å²) in [5.74, 6) is -0.145. The maximum absolute atomic E-state index is 12.8. The van der Waals surface area contributed by atoms with E-state index in [-0.39, 0.29) is 18.1 Å². The van der Waals surface area contributed by atoms with Gasteiger partial charge in [-0.3, -0.25) is 9.69 Å². The highest BCUT2D eigenvalue weighted by molar-refractivity contribution is 6.30. The van der Waals surface area contributed by atoms with Crippen molar-refractivity contribution in [3.63, 3.8) is 0 Å². The molecule has 3 aliphatic rings. The molecule has 3 heterocycles. The molecular weight excluding hydrogens is 366 g/mol. The number of nitrogens with zero attached hydrogens (tertiary/aromatic N) is 2. The molecule has 0 unspecified atom stereocenters. The molecule has 1 aromatic carbocycles. The molecule has 1 N–H and O–H groups in total. The second kappa shape index (κ2) is 7.76. The van der Waals surface area contributed by atoms with Crippen molar-refractivity contribution in [1.29, 1.82) is 5.26 Å². The van der Waals surface area contributed by atoms with Crippen LogP contribution >= 0.6 is 11.6 Å². The van der Waals surface area contributed by atoms with Crippen LogP contribution in [0, 0.1) is 16.7 Å². The van der Waals surface area contributed by atoms with Gasteiger partial charge in [-0.1, -0.05) is 23.7 Å². The van der Waals surface area contributed by atoms with Crippen molar-refractivity contribution in [2.24, 2.45) is 5.41 Å². The smallest absolute Gasteiger partial charge is 0.240 e. The highest BCUT2D eigenvalue weighted by Crippen LogP contribution is 2.33.